The van der Waals surface area contributed by atoms with E-state index in [1.807, 2.05) is 37.3 Å². The molecule has 0 saturated heterocycles. The van der Waals surface area contributed by atoms with Crippen molar-refractivity contribution in [2.24, 2.45) is 5.92 Å². The quantitative estimate of drug-likeness (QED) is 0.848. The van der Waals surface area contributed by atoms with Crippen LogP contribution in [-0.2, 0) is 5.60 Å². The fourth-order valence-corrected chi connectivity index (χ4v) is 1.98. The number of rotatable bonds is 2. The molecule has 1 aliphatic carbocycles. The molecule has 3 heteroatoms. The minimum Gasteiger partial charge on any atom is -0.385 e. The van der Waals surface area contributed by atoms with Crippen LogP contribution in [0.1, 0.15) is 31.7 Å². The summed E-state index contributed by atoms with van der Waals surface area (Å²) in [6, 6.07) is 9.99. The first-order valence-corrected chi connectivity index (χ1v) is 4.99. The monoisotopic (exact) mass is 244 g/mol. The second kappa shape index (κ2) is 5.83. The van der Waals surface area contributed by atoms with Crippen molar-refractivity contribution in [3.63, 3.8) is 0 Å². The highest BCUT2D eigenvalue weighted by molar-refractivity contribution is 7.59. The average Bonchev–Trinajstić information content (AvgIpc) is 2.02. The van der Waals surface area contributed by atoms with Crippen molar-refractivity contribution in [2.75, 3.05) is 0 Å². The molecule has 1 aliphatic rings. The highest BCUT2D eigenvalue weighted by atomic mass is 32.1. The topological polar surface area (TPSA) is 20.2 Å². The van der Waals surface area contributed by atoms with Gasteiger partial charge in [0.2, 0.25) is 0 Å². The van der Waals surface area contributed by atoms with E-state index >= 15 is 0 Å². The van der Waals surface area contributed by atoms with Crippen molar-refractivity contribution in [1.82, 2.24) is 0 Å². The van der Waals surface area contributed by atoms with Crippen molar-refractivity contribution in [3.8, 4) is 0 Å². The Bertz CT molecular complexity index is 281. The third-order valence-electron chi connectivity index (χ3n) is 3.26. The standard InChI is InChI=1S/C12H16O.2H2S/c1-12(13,11-8-5-9-11)10-6-3-2-4-7-10;;/h2-4,6-7,11,13H,5,8-9H2,1H3;2*1H2/t12-;;/m0../s1. The Hall–Kier alpha value is -0.120. The van der Waals surface area contributed by atoms with Gasteiger partial charge in [0.1, 0.15) is 0 Å². The fourth-order valence-electron chi connectivity index (χ4n) is 1.98. The third kappa shape index (κ3) is 2.92. The number of hydrogen-bond donors (Lipinski definition) is 1. The predicted molar refractivity (Wildman–Crippen MR) is 74.1 cm³/mol. The maximum atomic E-state index is 10.3. The zero-order valence-corrected chi connectivity index (χ0v) is 11.0. The van der Waals surface area contributed by atoms with Gasteiger partial charge >= 0.3 is 0 Å². The lowest BCUT2D eigenvalue weighted by Gasteiger charge is -2.39. The van der Waals surface area contributed by atoms with Gasteiger partial charge in [-0.3, -0.25) is 0 Å². The average molecular weight is 244 g/mol. The SMILES string of the molecule is C[C@](O)(c1ccccc1)C1CCC1.S.S. The predicted octanol–water partition coefficient (Wildman–Crippen LogP) is 2.92. The van der Waals surface area contributed by atoms with Crippen LogP contribution in [0.4, 0.5) is 0 Å². The normalized spacial score (nSPS) is 19.1. The van der Waals surface area contributed by atoms with Gasteiger partial charge in [-0.05, 0) is 31.2 Å². The van der Waals surface area contributed by atoms with Crippen LogP contribution in [-0.4, -0.2) is 5.11 Å². The Kier molecular flexibility index (Phi) is 5.78. The van der Waals surface area contributed by atoms with Gasteiger partial charge in [0.05, 0.1) is 5.60 Å². The summed E-state index contributed by atoms with van der Waals surface area (Å²) in [5.74, 6) is 0.468. The van der Waals surface area contributed by atoms with Crippen LogP contribution in [0, 0.1) is 5.92 Å². The zero-order valence-electron chi connectivity index (χ0n) is 9.03. The fraction of sp³-hybridized carbons (Fsp3) is 0.500. The lowest BCUT2D eigenvalue weighted by molar-refractivity contribution is -0.0399. The van der Waals surface area contributed by atoms with Gasteiger partial charge < -0.3 is 5.11 Å². The largest absolute Gasteiger partial charge is 0.385 e. The minimum absolute atomic E-state index is 0. The molecule has 15 heavy (non-hydrogen) atoms. The molecule has 0 amide bonds. The molecule has 86 valence electrons. The molecule has 1 fully saturated rings. The summed E-state index contributed by atoms with van der Waals surface area (Å²) in [7, 11) is 0. The van der Waals surface area contributed by atoms with E-state index in [4.69, 9.17) is 0 Å². The molecule has 1 nitrogen and oxygen atoms in total. The molecule has 1 aromatic carbocycles. The molecule has 0 bridgehead atoms. The summed E-state index contributed by atoms with van der Waals surface area (Å²) >= 11 is 0. The molecule has 1 aromatic rings. The van der Waals surface area contributed by atoms with E-state index in [-0.39, 0.29) is 27.0 Å². The molecule has 0 unspecified atom stereocenters. The molecule has 0 radical (unpaired) electrons. The van der Waals surface area contributed by atoms with E-state index < -0.39 is 5.60 Å². The molecule has 0 aromatic heterocycles. The highest BCUT2D eigenvalue weighted by Crippen LogP contribution is 2.41. The molecule has 1 atom stereocenters. The van der Waals surface area contributed by atoms with Crippen molar-refractivity contribution >= 4 is 27.0 Å². The Balaban J connectivity index is 0.000000980. The second-order valence-electron chi connectivity index (χ2n) is 4.14. The van der Waals surface area contributed by atoms with Crippen LogP contribution in [0.3, 0.4) is 0 Å². The molecular formula is C12H20OS2. The van der Waals surface area contributed by atoms with E-state index in [9.17, 15) is 5.11 Å². The van der Waals surface area contributed by atoms with Gasteiger partial charge in [0.25, 0.3) is 0 Å². The van der Waals surface area contributed by atoms with Crippen LogP contribution in [0.2, 0.25) is 0 Å². The first kappa shape index (κ1) is 14.9. The first-order chi connectivity index (χ1) is 6.21. The summed E-state index contributed by atoms with van der Waals surface area (Å²) < 4.78 is 0. The molecule has 0 heterocycles. The van der Waals surface area contributed by atoms with Gasteiger partial charge in [0, 0.05) is 0 Å². The van der Waals surface area contributed by atoms with Crippen LogP contribution >= 0.6 is 27.0 Å². The zero-order chi connectivity index (χ0) is 9.31. The van der Waals surface area contributed by atoms with Crippen LogP contribution < -0.4 is 0 Å². The lowest BCUT2D eigenvalue weighted by atomic mass is 9.71. The molecule has 1 N–H and O–H groups in total. The number of benzene rings is 1. The Labute approximate surface area is 106 Å². The van der Waals surface area contributed by atoms with Gasteiger partial charge in [-0.2, -0.15) is 27.0 Å². The first-order valence-electron chi connectivity index (χ1n) is 4.99. The van der Waals surface area contributed by atoms with E-state index in [1.165, 1.54) is 19.3 Å². The maximum absolute atomic E-state index is 10.3. The summed E-state index contributed by atoms with van der Waals surface area (Å²) in [4.78, 5) is 0. The molecule has 1 saturated carbocycles. The highest BCUT2D eigenvalue weighted by Gasteiger charge is 2.37. The summed E-state index contributed by atoms with van der Waals surface area (Å²) in [5, 5.41) is 10.3. The van der Waals surface area contributed by atoms with Crippen molar-refractivity contribution in [2.45, 2.75) is 31.8 Å². The lowest BCUT2D eigenvalue weighted by Crippen LogP contribution is -2.36. The van der Waals surface area contributed by atoms with E-state index in [2.05, 4.69) is 0 Å². The van der Waals surface area contributed by atoms with Crippen molar-refractivity contribution in [1.29, 1.82) is 0 Å². The smallest absolute Gasteiger partial charge is 0.0896 e. The van der Waals surface area contributed by atoms with E-state index in [1.54, 1.807) is 0 Å². The number of hydrogen-bond acceptors (Lipinski definition) is 1. The Morgan fingerprint density at radius 3 is 2.07 bits per heavy atom. The van der Waals surface area contributed by atoms with Crippen molar-refractivity contribution in [3.05, 3.63) is 35.9 Å². The van der Waals surface area contributed by atoms with Gasteiger partial charge in [-0.15, -0.1) is 0 Å². The molecular weight excluding hydrogens is 224 g/mol. The number of aliphatic hydroxyl groups is 1. The van der Waals surface area contributed by atoms with Crippen LogP contribution in [0.5, 0.6) is 0 Å². The summed E-state index contributed by atoms with van der Waals surface area (Å²) in [5.41, 5.74) is 0.444. The summed E-state index contributed by atoms with van der Waals surface area (Å²) in [6.45, 7) is 1.94. The third-order valence-corrected chi connectivity index (χ3v) is 3.26. The molecule has 2 rings (SSSR count). The van der Waals surface area contributed by atoms with Gasteiger partial charge in [-0.25, -0.2) is 0 Å². The summed E-state index contributed by atoms with van der Waals surface area (Å²) in [6.07, 6.45) is 3.61. The minimum atomic E-state index is -0.612. The van der Waals surface area contributed by atoms with Gasteiger partial charge in [0.15, 0.2) is 0 Å². The second-order valence-corrected chi connectivity index (χ2v) is 4.14. The van der Waals surface area contributed by atoms with E-state index in [0.717, 1.165) is 5.56 Å². The van der Waals surface area contributed by atoms with E-state index in [0.29, 0.717) is 5.92 Å². The maximum Gasteiger partial charge on any atom is 0.0896 e. The molecule has 0 aliphatic heterocycles. The van der Waals surface area contributed by atoms with Crippen molar-refractivity contribution < 1.29 is 5.11 Å². The molecule has 0 spiro atoms. The Morgan fingerprint density at radius 2 is 1.67 bits per heavy atom. The van der Waals surface area contributed by atoms with Crippen LogP contribution in [0.25, 0.3) is 0 Å². The van der Waals surface area contributed by atoms with Crippen LogP contribution in [0.15, 0.2) is 30.3 Å². The van der Waals surface area contributed by atoms with Gasteiger partial charge in [-0.1, -0.05) is 36.8 Å². The Morgan fingerprint density at radius 1 is 1.13 bits per heavy atom.